The second kappa shape index (κ2) is 9.32. The van der Waals surface area contributed by atoms with Gasteiger partial charge in [0.1, 0.15) is 0 Å². The lowest BCUT2D eigenvalue weighted by atomic mass is 10.1. The molecule has 1 aromatic heterocycles. The fourth-order valence-electron chi connectivity index (χ4n) is 4.31. The van der Waals surface area contributed by atoms with Crippen LogP contribution in [0, 0.1) is 11.7 Å². The van der Waals surface area contributed by atoms with E-state index in [1.54, 1.807) is 8.61 Å². The molecular formula is C21H32N6O3S2. The van der Waals surface area contributed by atoms with Crippen LogP contribution < -0.4 is 0 Å². The lowest BCUT2D eigenvalue weighted by Gasteiger charge is -2.40. The first-order valence-corrected chi connectivity index (χ1v) is 12.8. The lowest BCUT2D eigenvalue weighted by molar-refractivity contribution is -0.0458. The molecule has 0 spiro atoms. The number of nitrogens with zero attached hydrogens (tertiary/aromatic N) is 6. The fourth-order valence-corrected chi connectivity index (χ4v) is 6.24. The molecule has 0 aliphatic carbocycles. The van der Waals surface area contributed by atoms with E-state index in [2.05, 4.69) is 24.0 Å². The van der Waals surface area contributed by atoms with E-state index in [0.717, 1.165) is 11.4 Å². The molecule has 2 aromatic rings. The molecule has 0 radical (unpaired) electrons. The summed E-state index contributed by atoms with van der Waals surface area (Å²) in [6.07, 6.45) is -0.188. The second-order valence-corrected chi connectivity index (χ2v) is 11.1. The molecule has 1 aromatic carbocycles. The minimum atomic E-state index is -3.48. The number of hydrogen-bond acceptors (Lipinski definition) is 6. The van der Waals surface area contributed by atoms with Gasteiger partial charge in [0, 0.05) is 51.9 Å². The standard InChI is InChI=1S/C21H32N6O3S2/c1-16-5-7-19(8-6-16)20-22-27(21(31)23(20)4)15-24-9-11-25(12-10-24)32(28,29)26-13-17(2)30-18(3)14-26/h5-8,17-18H,9-15H2,1-4H3. The van der Waals surface area contributed by atoms with Gasteiger partial charge in [-0.2, -0.15) is 22.1 Å². The normalized spacial score (nSPS) is 24.1. The highest BCUT2D eigenvalue weighted by molar-refractivity contribution is 7.86. The Morgan fingerprint density at radius 1 is 1.03 bits per heavy atom. The van der Waals surface area contributed by atoms with Gasteiger partial charge >= 0.3 is 0 Å². The maximum atomic E-state index is 13.1. The number of aromatic nitrogens is 3. The van der Waals surface area contributed by atoms with Gasteiger partial charge in [-0.25, -0.2) is 4.68 Å². The summed E-state index contributed by atoms with van der Waals surface area (Å²) in [5.41, 5.74) is 2.22. The predicted molar refractivity (Wildman–Crippen MR) is 126 cm³/mol. The minimum absolute atomic E-state index is 0.0939. The van der Waals surface area contributed by atoms with Crippen LogP contribution in [0.1, 0.15) is 19.4 Å². The zero-order chi connectivity index (χ0) is 23.0. The number of hydrogen-bond donors (Lipinski definition) is 0. The number of rotatable bonds is 5. The maximum absolute atomic E-state index is 13.1. The quantitative estimate of drug-likeness (QED) is 0.608. The van der Waals surface area contributed by atoms with Crippen LogP contribution in [0.5, 0.6) is 0 Å². The molecular weight excluding hydrogens is 448 g/mol. The second-order valence-electron chi connectivity index (χ2n) is 8.77. The molecule has 2 unspecified atom stereocenters. The first-order chi connectivity index (χ1) is 15.1. The van der Waals surface area contributed by atoms with Crippen molar-refractivity contribution < 1.29 is 13.2 Å². The molecule has 11 heteroatoms. The van der Waals surface area contributed by atoms with E-state index in [-0.39, 0.29) is 12.2 Å². The van der Waals surface area contributed by atoms with Crippen LogP contribution in [0.25, 0.3) is 11.4 Å². The lowest BCUT2D eigenvalue weighted by Crippen LogP contribution is -2.57. The van der Waals surface area contributed by atoms with Crippen molar-refractivity contribution in [1.29, 1.82) is 0 Å². The summed E-state index contributed by atoms with van der Waals surface area (Å²) in [4.78, 5) is 2.19. The Hall–Kier alpha value is -1.63. The zero-order valence-corrected chi connectivity index (χ0v) is 20.8. The molecule has 3 heterocycles. The largest absolute Gasteiger partial charge is 0.373 e. The van der Waals surface area contributed by atoms with Gasteiger partial charge in [-0.15, -0.1) is 0 Å². The molecule has 0 amide bonds. The van der Waals surface area contributed by atoms with Crippen molar-refractivity contribution in [2.75, 3.05) is 39.3 Å². The van der Waals surface area contributed by atoms with E-state index in [1.807, 2.05) is 42.3 Å². The van der Waals surface area contributed by atoms with Crippen molar-refractivity contribution in [2.45, 2.75) is 39.6 Å². The number of piperazine rings is 1. The van der Waals surface area contributed by atoms with E-state index < -0.39 is 10.2 Å². The molecule has 0 bridgehead atoms. The van der Waals surface area contributed by atoms with E-state index in [4.69, 9.17) is 22.1 Å². The molecule has 0 N–H and O–H groups in total. The average molecular weight is 481 g/mol. The summed E-state index contributed by atoms with van der Waals surface area (Å²) in [6.45, 7) is 9.39. The fraction of sp³-hybridized carbons (Fsp3) is 0.619. The highest BCUT2D eigenvalue weighted by atomic mass is 32.2. The molecule has 32 heavy (non-hydrogen) atoms. The van der Waals surface area contributed by atoms with Crippen LogP contribution in [0.15, 0.2) is 24.3 Å². The summed E-state index contributed by atoms with van der Waals surface area (Å²) in [5, 5.41) is 4.74. The van der Waals surface area contributed by atoms with Gasteiger partial charge in [0.25, 0.3) is 10.2 Å². The molecule has 2 atom stereocenters. The van der Waals surface area contributed by atoms with E-state index in [0.29, 0.717) is 50.7 Å². The Bertz CT molecular complexity index is 1090. The summed E-state index contributed by atoms with van der Waals surface area (Å²) >= 11 is 5.61. The van der Waals surface area contributed by atoms with Crippen LogP contribution in [0.3, 0.4) is 0 Å². The molecule has 2 fully saturated rings. The summed E-state index contributed by atoms with van der Waals surface area (Å²) < 4.78 is 39.5. The van der Waals surface area contributed by atoms with Crippen molar-refractivity contribution in [1.82, 2.24) is 27.9 Å². The first-order valence-electron chi connectivity index (χ1n) is 11.0. The molecule has 176 valence electrons. The van der Waals surface area contributed by atoms with Crippen molar-refractivity contribution >= 4 is 22.4 Å². The molecule has 9 nitrogen and oxygen atoms in total. The van der Waals surface area contributed by atoms with Crippen molar-refractivity contribution in [3.05, 3.63) is 34.6 Å². The highest BCUT2D eigenvalue weighted by Gasteiger charge is 2.36. The van der Waals surface area contributed by atoms with Crippen LogP contribution in [-0.2, 0) is 28.7 Å². The zero-order valence-electron chi connectivity index (χ0n) is 19.1. The Kier molecular flexibility index (Phi) is 6.85. The molecule has 2 saturated heterocycles. The van der Waals surface area contributed by atoms with Gasteiger partial charge < -0.3 is 9.30 Å². The summed E-state index contributed by atoms with van der Waals surface area (Å²) in [7, 11) is -1.56. The van der Waals surface area contributed by atoms with Crippen molar-refractivity contribution in [3.8, 4) is 11.4 Å². The van der Waals surface area contributed by atoms with Crippen molar-refractivity contribution in [3.63, 3.8) is 0 Å². The minimum Gasteiger partial charge on any atom is -0.373 e. The monoisotopic (exact) mass is 480 g/mol. The Balaban J connectivity index is 1.41. The third-order valence-corrected chi connectivity index (χ3v) is 8.51. The van der Waals surface area contributed by atoms with E-state index in [9.17, 15) is 8.42 Å². The van der Waals surface area contributed by atoms with Gasteiger partial charge in [0.2, 0.25) is 0 Å². The number of aryl methyl sites for hydroxylation is 1. The van der Waals surface area contributed by atoms with Gasteiger partial charge in [0.15, 0.2) is 10.6 Å². The van der Waals surface area contributed by atoms with Gasteiger partial charge in [0.05, 0.1) is 18.9 Å². The Labute approximate surface area is 195 Å². The SMILES string of the molecule is Cc1ccc(-c2nn(CN3CCN(S(=O)(=O)N4CC(C)OC(C)C4)CC3)c(=S)n2C)cc1. The molecule has 0 saturated carbocycles. The van der Waals surface area contributed by atoms with E-state index >= 15 is 0 Å². The highest BCUT2D eigenvalue weighted by Crippen LogP contribution is 2.20. The van der Waals surface area contributed by atoms with Gasteiger partial charge in [-0.1, -0.05) is 29.8 Å². The number of benzene rings is 1. The van der Waals surface area contributed by atoms with Crippen LogP contribution in [0.4, 0.5) is 0 Å². The number of ether oxygens (including phenoxy) is 1. The van der Waals surface area contributed by atoms with E-state index in [1.165, 1.54) is 5.56 Å². The molecule has 2 aliphatic rings. The third-order valence-electron chi connectivity index (χ3n) is 6.05. The van der Waals surface area contributed by atoms with Gasteiger partial charge in [-0.3, -0.25) is 4.90 Å². The molecule has 2 aliphatic heterocycles. The smallest absolute Gasteiger partial charge is 0.282 e. The summed E-state index contributed by atoms with van der Waals surface area (Å²) in [5.74, 6) is 0.826. The summed E-state index contributed by atoms with van der Waals surface area (Å²) in [6, 6.07) is 8.22. The first kappa shape index (κ1) is 23.5. The average Bonchev–Trinajstić information content (AvgIpc) is 3.02. The van der Waals surface area contributed by atoms with Crippen LogP contribution in [-0.4, -0.2) is 87.8 Å². The molecule has 4 rings (SSSR count). The Morgan fingerprint density at radius 3 is 2.22 bits per heavy atom. The Morgan fingerprint density at radius 2 is 1.62 bits per heavy atom. The van der Waals surface area contributed by atoms with Crippen LogP contribution in [0.2, 0.25) is 0 Å². The predicted octanol–water partition coefficient (Wildman–Crippen LogP) is 1.86. The third kappa shape index (κ3) is 4.82. The topological polar surface area (TPSA) is 75.8 Å². The number of morpholine rings is 1. The van der Waals surface area contributed by atoms with Gasteiger partial charge in [-0.05, 0) is 33.0 Å². The maximum Gasteiger partial charge on any atom is 0.282 e. The van der Waals surface area contributed by atoms with Crippen LogP contribution >= 0.6 is 12.2 Å². The van der Waals surface area contributed by atoms with Crippen molar-refractivity contribution in [2.24, 2.45) is 7.05 Å².